The van der Waals surface area contributed by atoms with Crippen molar-refractivity contribution in [1.29, 1.82) is 0 Å². The van der Waals surface area contributed by atoms with Crippen LogP contribution in [0.2, 0.25) is 10.0 Å². The standard InChI is InChI=1S/C16H16Cl2N2O/c1-11-4-2-5-12(10-11)8-9-19-16(21)20-14-7-3-6-13(17)15(14)18/h2-7,10H,8-9H2,1H3,(H2,19,20,21). The van der Waals surface area contributed by atoms with Crippen molar-refractivity contribution in [1.82, 2.24) is 5.32 Å². The summed E-state index contributed by atoms with van der Waals surface area (Å²) >= 11 is 11.9. The Morgan fingerprint density at radius 3 is 2.67 bits per heavy atom. The molecule has 0 aromatic heterocycles. The zero-order chi connectivity index (χ0) is 15.2. The number of urea groups is 1. The molecule has 5 heteroatoms. The van der Waals surface area contributed by atoms with Crippen LogP contribution in [0.4, 0.5) is 10.5 Å². The predicted molar refractivity (Wildman–Crippen MR) is 88.4 cm³/mol. The van der Waals surface area contributed by atoms with Gasteiger partial charge >= 0.3 is 6.03 Å². The first-order chi connectivity index (χ1) is 10.1. The average Bonchev–Trinajstić information content (AvgIpc) is 2.44. The van der Waals surface area contributed by atoms with Gasteiger partial charge in [0.05, 0.1) is 15.7 Å². The topological polar surface area (TPSA) is 41.1 Å². The Morgan fingerprint density at radius 2 is 1.90 bits per heavy atom. The number of anilines is 1. The molecular weight excluding hydrogens is 307 g/mol. The number of amides is 2. The highest BCUT2D eigenvalue weighted by Gasteiger charge is 2.07. The second kappa shape index (κ2) is 7.34. The van der Waals surface area contributed by atoms with Crippen molar-refractivity contribution in [3.63, 3.8) is 0 Å². The molecule has 0 fully saturated rings. The zero-order valence-corrected chi connectivity index (χ0v) is 13.1. The summed E-state index contributed by atoms with van der Waals surface area (Å²) in [7, 11) is 0. The Labute approximate surface area is 134 Å². The number of benzene rings is 2. The van der Waals surface area contributed by atoms with Crippen molar-refractivity contribution in [3.05, 3.63) is 63.6 Å². The highest BCUT2D eigenvalue weighted by atomic mass is 35.5. The number of hydrogen-bond acceptors (Lipinski definition) is 1. The molecule has 0 aliphatic rings. The fraction of sp³-hybridized carbons (Fsp3) is 0.188. The van der Waals surface area contributed by atoms with Gasteiger partial charge in [0.2, 0.25) is 0 Å². The van der Waals surface area contributed by atoms with E-state index in [9.17, 15) is 4.79 Å². The van der Waals surface area contributed by atoms with E-state index in [1.165, 1.54) is 11.1 Å². The minimum Gasteiger partial charge on any atom is -0.338 e. The first-order valence-electron chi connectivity index (χ1n) is 6.60. The number of aryl methyl sites for hydroxylation is 1. The molecule has 0 radical (unpaired) electrons. The van der Waals surface area contributed by atoms with Gasteiger partial charge in [-0.3, -0.25) is 0 Å². The summed E-state index contributed by atoms with van der Waals surface area (Å²) in [6, 6.07) is 13.0. The largest absolute Gasteiger partial charge is 0.338 e. The van der Waals surface area contributed by atoms with E-state index in [2.05, 4.69) is 16.7 Å². The zero-order valence-electron chi connectivity index (χ0n) is 11.6. The van der Waals surface area contributed by atoms with Crippen LogP contribution in [0.1, 0.15) is 11.1 Å². The van der Waals surface area contributed by atoms with E-state index in [0.717, 1.165) is 6.42 Å². The van der Waals surface area contributed by atoms with Crippen molar-refractivity contribution < 1.29 is 4.79 Å². The minimum absolute atomic E-state index is 0.299. The lowest BCUT2D eigenvalue weighted by molar-refractivity contribution is 0.252. The van der Waals surface area contributed by atoms with Gasteiger partial charge in [0, 0.05) is 6.54 Å². The van der Waals surface area contributed by atoms with Crippen molar-refractivity contribution in [2.45, 2.75) is 13.3 Å². The van der Waals surface area contributed by atoms with Crippen LogP contribution in [0, 0.1) is 6.92 Å². The normalized spacial score (nSPS) is 10.2. The maximum Gasteiger partial charge on any atom is 0.319 e. The van der Waals surface area contributed by atoms with Crippen molar-refractivity contribution in [2.75, 3.05) is 11.9 Å². The van der Waals surface area contributed by atoms with Gasteiger partial charge in [-0.2, -0.15) is 0 Å². The lowest BCUT2D eigenvalue weighted by Crippen LogP contribution is -2.30. The van der Waals surface area contributed by atoms with Gasteiger partial charge in [-0.25, -0.2) is 4.79 Å². The van der Waals surface area contributed by atoms with Crippen LogP contribution < -0.4 is 10.6 Å². The molecule has 0 spiro atoms. The summed E-state index contributed by atoms with van der Waals surface area (Å²) in [6.45, 7) is 2.60. The maximum absolute atomic E-state index is 11.8. The van der Waals surface area contributed by atoms with Gasteiger partial charge in [0.15, 0.2) is 0 Å². The second-order valence-corrected chi connectivity index (χ2v) is 5.51. The van der Waals surface area contributed by atoms with E-state index in [0.29, 0.717) is 22.3 Å². The number of halogens is 2. The summed E-state index contributed by atoms with van der Waals surface area (Å²) in [4.78, 5) is 11.8. The molecule has 2 aromatic rings. The smallest absolute Gasteiger partial charge is 0.319 e. The molecule has 3 nitrogen and oxygen atoms in total. The molecule has 0 heterocycles. The highest BCUT2D eigenvalue weighted by Crippen LogP contribution is 2.29. The molecule has 0 unspecified atom stereocenters. The lowest BCUT2D eigenvalue weighted by atomic mass is 10.1. The molecule has 0 saturated carbocycles. The first-order valence-corrected chi connectivity index (χ1v) is 7.36. The highest BCUT2D eigenvalue weighted by molar-refractivity contribution is 6.43. The number of hydrogen-bond donors (Lipinski definition) is 2. The summed E-state index contributed by atoms with van der Waals surface area (Å²) in [5.41, 5.74) is 2.90. The SMILES string of the molecule is Cc1cccc(CCNC(=O)Nc2cccc(Cl)c2Cl)c1. The molecule has 0 bridgehead atoms. The third-order valence-electron chi connectivity index (χ3n) is 2.98. The van der Waals surface area contributed by atoms with E-state index in [1.807, 2.05) is 25.1 Å². The predicted octanol–water partition coefficient (Wildman–Crippen LogP) is 4.67. The molecule has 21 heavy (non-hydrogen) atoms. The molecule has 0 aliphatic carbocycles. The van der Waals surface area contributed by atoms with E-state index in [1.54, 1.807) is 18.2 Å². The minimum atomic E-state index is -0.299. The molecular formula is C16H16Cl2N2O. The number of carbonyl (C=O) groups excluding carboxylic acids is 1. The van der Waals surface area contributed by atoms with Crippen molar-refractivity contribution in [2.24, 2.45) is 0 Å². The Balaban J connectivity index is 1.84. The van der Waals surface area contributed by atoms with Crippen LogP contribution in [0.15, 0.2) is 42.5 Å². The molecule has 2 amide bonds. The van der Waals surface area contributed by atoms with Crippen LogP contribution in [0.5, 0.6) is 0 Å². The third kappa shape index (κ3) is 4.66. The van der Waals surface area contributed by atoms with Crippen LogP contribution in [-0.2, 0) is 6.42 Å². The maximum atomic E-state index is 11.8. The Hall–Kier alpha value is -1.71. The molecule has 2 N–H and O–H groups in total. The van der Waals surface area contributed by atoms with E-state index in [-0.39, 0.29) is 6.03 Å². The van der Waals surface area contributed by atoms with Gasteiger partial charge in [-0.15, -0.1) is 0 Å². The molecule has 110 valence electrons. The quantitative estimate of drug-likeness (QED) is 0.844. The van der Waals surface area contributed by atoms with E-state index in [4.69, 9.17) is 23.2 Å². The fourth-order valence-electron chi connectivity index (χ4n) is 1.95. The van der Waals surface area contributed by atoms with Crippen LogP contribution in [0.25, 0.3) is 0 Å². The number of nitrogens with one attached hydrogen (secondary N) is 2. The summed E-state index contributed by atoms with van der Waals surface area (Å²) in [6.07, 6.45) is 0.776. The van der Waals surface area contributed by atoms with Crippen LogP contribution in [0.3, 0.4) is 0 Å². The second-order valence-electron chi connectivity index (χ2n) is 4.72. The lowest BCUT2D eigenvalue weighted by Gasteiger charge is -2.10. The average molecular weight is 323 g/mol. The van der Waals surface area contributed by atoms with Crippen LogP contribution in [-0.4, -0.2) is 12.6 Å². The van der Waals surface area contributed by atoms with E-state index >= 15 is 0 Å². The Morgan fingerprint density at radius 1 is 1.14 bits per heavy atom. The van der Waals surface area contributed by atoms with Gasteiger partial charge in [-0.05, 0) is 31.0 Å². The molecule has 0 aliphatic heterocycles. The molecule has 2 aromatic carbocycles. The third-order valence-corrected chi connectivity index (χ3v) is 3.80. The summed E-state index contributed by atoms with van der Waals surface area (Å²) in [5, 5.41) is 6.23. The molecule has 0 saturated heterocycles. The monoisotopic (exact) mass is 322 g/mol. The van der Waals surface area contributed by atoms with E-state index < -0.39 is 0 Å². The molecule has 2 rings (SSSR count). The Kier molecular flexibility index (Phi) is 5.48. The summed E-state index contributed by atoms with van der Waals surface area (Å²) < 4.78 is 0. The molecule has 0 atom stereocenters. The Bertz CT molecular complexity index is 644. The fourth-order valence-corrected chi connectivity index (χ4v) is 2.30. The van der Waals surface area contributed by atoms with Gasteiger partial charge in [-0.1, -0.05) is 59.1 Å². The first kappa shape index (κ1) is 15.7. The van der Waals surface area contributed by atoms with Crippen molar-refractivity contribution in [3.8, 4) is 0 Å². The van der Waals surface area contributed by atoms with Gasteiger partial charge in [0.25, 0.3) is 0 Å². The van der Waals surface area contributed by atoms with Gasteiger partial charge in [0.1, 0.15) is 0 Å². The van der Waals surface area contributed by atoms with Crippen molar-refractivity contribution >= 4 is 34.9 Å². The number of rotatable bonds is 4. The summed E-state index contributed by atoms with van der Waals surface area (Å²) in [5.74, 6) is 0. The van der Waals surface area contributed by atoms with Crippen LogP contribution >= 0.6 is 23.2 Å². The number of carbonyl (C=O) groups is 1. The van der Waals surface area contributed by atoms with Gasteiger partial charge < -0.3 is 10.6 Å².